The fraction of sp³-hybridized carbons (Fsp3) is 0.118. The number of methoxy groups -OCH3 is 2. The van der Waals surface area contributed by atoms with Crippen molar-refractivity contribution >= 4 is 58.1 Å². The number of aromatic nitrogens is 3. The summed E-state index contributed by atoms with van der Waals surface area (Å²) in [4.78, 5) is 12.5. The van der Waals surface area contributed by atoms with Crippen LogP contribution < -0.4 is 20.1 Å². The second-order valence-corrected chi connectivity index (χ2v) is 6.40. The Morgan fingerprint density at radius 2 is 1.15 bits per heavy atom. The van der Waals surface area contributed by atoms with E-state index in [0.717, 1.165) is 0 Å². The van der Waals surface area contributed by atoms with Crippen molar-refractivity contribution < 1.29 is 9.47 Å². The van der Waals surface area contributed by atoms with E-state index in [1.807, 2.05) is 0 Å². The van der Waals surface area contributed by atoms with Crippen LogP contribution >= 0.6 is 34.8 Å². The van der Waals surface area contributed by atoms with E-state index in [9.17, 15) is 0 Å². The van der Waals surface area contributed by atoms with Crippen molar-refractivity contribution in [1.29, 1.82) is 0 Å². The fourth-order valence-electron chi connectivity index (χ4n) is 2.26. The monoisotopic (exact) mass is 425 g/mol. The number of nitrogens with zero attached hydrogens (tertiary/aromatic N) is 3. The van der Waals surface area contributed by atoms with Crippen molar-refractivity contribution in [2.24, 2.45) is 0 Å². The average Bonchev–Trinajstić information content (AvgIpc) is 2.61. The zero-order valence-electron chi connectivity index (χ0n) is 14.3. The zero-order chi connectivity index (χ0) is 19.4. The van der Waals surface area contributed by atoms with Crippen LogP contribution in [-0.2, 0) is 0 Å². The van der Waals surface area contributed by atoms with Gasteiger partial charge in [0.2, 0.25) is 17.2 Å². The first kappa shape index (κ1) is 19.3. The molecule has 0 radical (unpaired) electrons. The molecule has 0 aliphatic heterocycles. The van der Waals surface area contributed by atoms with E-state index in [1.54, 1.807) is 50.6 Å². The Morgan fingerprint density at radius 3 is 1.56 bits per heavy atom. The third kappa shape index (κ3) is 4.82. The Labute approximate surface area is 170 Å². The van der Waals surface area contributed by atoms with Crippen LogP contribution in [-0.4, -0.2) is 29.2 Å². The molecule has 27 heavy (non-hydrogen) atoms. The maximum atomic E-state index is 6.04. The van der Waals surface area contributed by atoms with Gasteiger partial charge in [0.25, 0.3) is 0 Å². The highest BCUT2D eigenvalue weighted by Gasteiger charge is 2.11. The van der Waals surface area contributed by atoms with E-state index in [2.05, 4.69) is 25.6 Å². The van der Waals surface area contributed by atoms with Gasteiger partial charge in [0.15, 0.2) is 0 Å². The van der Waals surface area contributed by atoms with Gasteiger partial charge in [-0.1, -0.05) is 23.2 Å². The normalized spacial score (nSPS) is 10.4. The molecule has 10 heteroatoms. The topological polar surface area (TPSA) is 81.2 Å². The van der Waals surface area contributed by atoms with Gasteiger partial charge in [0.1, 0.15) is 11.5 Å². The summed E-state index contributed by atoms with van der Waals surface area (Å²) in [6.45, 7) is 0. The molecule has 1 heterocycles. The van der Waals surface area contributed by atoms with Gasteiger partial charge in [-0.15, -0.1) is 0 Å². The van der Waals surface area contributed by atoms with E-state index in [-0.39, 0.29) is 17.2 Å². The number of ether oxygens (including phenoxy) is 2. The summed E-state index contributed by atoms with van der Waals surface area (Å²) in [5, 5.41) is 7.09. The summed E-state index contributed by atoms with van der Waals surface area (Å²) in [6.07, 6.45) is 0. The summed E-state index contributed by atoms with van der Waals surface area (Å²) >= 11 is 18.1. The lowest BCUT2D eigenvalue weighted by Crippen LogP contribution is -2.05. The predicted octanol–water partition coefficient (Wildman–Crippen LogP) is 5.34. The molecule has 1 aromatic heterocycles. The molecule has 0 spiro atoms. The van der Waals surface area contributed by atoms with Gasteiger partial charge in [-0.2, -0.15) is 15.0 Å². The zero-order valence-corrected chi connectivity index (χ0v) is 16.5. The summed E-state index contributed by atoms with van der Waals surface area (Å²) < 4.78 is 10.6. The Kier molecular flexibility index (Phi) is 6.05. The van der Waals surface area contributed by atoms with Crippen molar-refractivity contribution in [2.45, 2.75) is 0 Å². The van der Waals surface area contributed by atoms with Crippen LogP contribution in [0.15, 0.2) is 36.4 Å². The van der Waals surface area contributed by atoms with Crippen LogP contribution in [0.4, 0.5) is 23.3 Å². The highest BCUT2D eigenvalue weighted by Crippen LogP contribution is 2.32. The smallest absolute Gasteiger partial charge is 0.233 e. The van der Waals surface area contributed by atoms with Gasteiger partial charge in [0, 0.05) is 10.0 Å². The number of halogens is 3. The molecule has 3 rings (SSSR count). The molecule has 2 aromatic carbocycles. The molecule has 140 valence electrons. The molecule has 7 nitrogen and oxygen atoms in total. The minimum atomic E-state index is -0.00279. The highest BCUT2D eigenvalue weighted by atomic mass is 35.5. The standard InChI is InChI=1S/C17H14Cl3N5O2/c1-26-13-5-3-9(18)7-11(13)21-16-23-15(20)24-17(25-16)22-12-8-10(19)4-6-14(12)27-2/h3-8H,1-2H3,(H2,21,22,23,24,25). The molecule has 0 atom stereocenters. The van der Waals surface area contributed by atoms with Crippen LogP contribution in [0, 0.1) is 0 Å². The van der Waals surface area contributed by atoms with E-state index in [4.69, 9.17) is 44.3 Å². The van der Waals surface area contributed by atoms with E-state index in [1.165, 1.54) is 0 Å². The van der Waals surface area contributed by atoms with Crippen molar-refractivity contribution in [3.05, 3.63) is 51.7 Å². The molecular formula is C17H14Cl3N5O2. The molecule has 0 fully saturated rings. The van der Waals surface area contributed by atoms with Crippen molar-refractivity contribution in [2.75, 3.05) is 24.9 Å². The number of hydrogen-bond donors (Lipinski definition) is 2. The maximum Gasteiger partial charge on any atom is 0.233 e. The lowest BCUT2D eigenvalue weighted by Gasteiger charge is -2.13. The Bertz CT molecular complexity index is 898. The number of hydrogen-bond acceptors (Lipinski definition) is 7. The third-order valence-electron chi connectivity index (χ3n) is 3.42. The molecule has 0 saturated heterocycles. The van der Waals surface area contributed by atoms with Crippen molar-refractivity contribution in [1.82, 2.24) is 15.0 Å². The van der Waals surface area contributed by atoms with E-state index >= 15 is 0 Å². The van der Waals surface area contributed by atoms with E-state index in [0.29, 0.717) is 32.9 Å². The van der Waals surface area contributed by atoms with Crippen LogP contribution in [0.1, 0.15) is 0 Å². The molecule has 0 amide bonds. The highest BCUT2D eigenvalue weighted by molar-refractivity contribution is 6.31. The molecule has 0 unspecified atom stereocenters. The van der Waals surface area contributed by atoms with Crippen LogP contribution in [0.5, 0.6) is 11.5 Å². The largest absolute Gasteiger partial charge is 0.495 e. The maximum absolute atomic E-state index is 6.04. The van der Waals surface area contributed by atoms with Gasteiger partial charge >= 0.3 is 0 Å². The Morgan fingerprint density at radius 1 is 0.704 bits per heavy atom. The summed E-state index contributed by atoms with van der Waals surface area (Å²) in [6, 6.07) is 10.2. The SMILES string of the molecule is COc1ccc(Cl)cc1Nc1nc(Cl)nc(Nc2cc(Cl)ccc2OC)n1. The summed E-state index contributed by atoms with van der Waals surface area (Å²) in [7, 11) is 3.10. The summed E-state index contributed by atoms with van der Waals surface area (Å²) in [5.41, 5.74) is 1.16. The molecule has 0 saturated carbocycles. The first-order valence-corrected chi connectivity index (χ1v) is 8.74. The van der Waals surface area contributed by atoms with Crippen LogP contribution in [0.3, 0.4) is 0 Å². The number of benzene rings is 2. The quantitative estimate of drug-likeness (QED) is 0.551. The molecule has 0 aliphatic rings. The van der Waals surface area contributed by atoms with Crippen LogP contribution in [0.25, 0.3) is 0 Å². The van der Waals surface area contributed by atoms with Crippen LogP contribution in [0.2, 0.25) is 15.3 Å². The fourth-order valence-corrected chi connectivity index (χ4v) is 2.76. The Balaban J connectivity index is 1.92. The molecular weight excluding hydrogens is 413 g/mol. The van der Waals surface area contributed by atoms with Gasteiger partial charge in [0.05, 0.1) is 25.6 Å². The van der Waals surface area contributed by atoms with Gasteiger partial charge in [-0.3, -0.25) is 0 Å². The van der Waals surface area contributed by atoms with Crippen molar-refractivity contribution in [3.8, 4) is 11.5 Å². The first-order valence-electron chi connectivity index (χ1n) is 7.61. The third-order valence-corrected chi connectivity index (χ3v) is 4.06. The number of anilines is 4. The van der Waals surface area contributed by atoms with Crippen molar-refractivity contribution in [3.63, 3.8) is 0 Å². The van der Waals surface area contributed by atoms with Gasteiger partial charge in [-0.05, 0) is 48.0 Å². The molecule has 2 N–H and O–H groups in total. The van der Waals surface area contributed by atoms with Gasteiger partial charge in [-0.25, -0.2) is 0 Å². The molecule has 0 bridgehead atoms. The number of rotatable bonds is 6. The lowest BCUT2D eigenvalue weighted by atomic mass is 10.3. The molecule has 0 aliphatic carbocycles. The van der Waals surface area contributed by atoms with Gasteiger partial charge < -0.3 is 20.1 Å². The minimum absolute atomic E-state index is 0.00279. The predicted molar refractivity (Wildman–Crippen MR) is 107 cm³/mol. The first-order chi connectivity index (χ1) is 13.0. The second kappa shape index (κ2) is 8.47. The second-order valence-electron chi connectivity index (χ2n) is 5.19. The Hall–Kier alpha value is -2.48. The average molecular weight is 427 g/mol. The van der Waals surface area contributed by atoms with E-state index < -0.39 is 0 Å². The number of nitrogens with one attached hydrogen (secondary N) is 2. The lowest BCUT2D eigenvalue weighted by molar-refractivity contribution is 0.417. The molecule has 3 aromatic rings. The minimum Gasteiger partial charge on any atom is -0.495 e. The summed E-state index contributed by atoms with van der Waals surface area (Å²) in [5.74, 6) is 1.56.